The van der Waals surface area contributed by atoms with Crippen LogP contribution in [-0.4, -0.2) is 18.5 Å². The van der Waals surface area contributed by atoms with Crippen molar-refractivity contribution in [3.63, 3.8) is 0 Å². The van der Waals surface area contributed by atoms with E-state index < -0.39 is 0 Å². The quantitative estimate of drug-likeness (QED) is 0.694. The molecule has 17 heavy (non-hydrogen) atoms. The minimum atomic E-state index is 0.674. The van der Waals surface area contributed by atoms with Gasteiger partial charge >= 0.3 is 0 Å². The van der Waals surface area contributed by atoms with E-state index in [1.807, 2.05) is 6.07 Å². The van der Waals surface area contributed by atoms with Gasteiger partial charge in [0.05, 0.1) is 0 Å². The summed E-state index contributed by atoms with van der Waals surface area (Å²) in [5, 5.41) is 0. The summed E-state index contributed by atoms with van der Waals surface area (Å²) in [5.41, 5.74) is 2.70. The Morgan fingerprint density at radius 1 is 1.24 bits per heavy atom. The van der Waals surface area contributed by atoms with E-state index in [4.69, 9.17) is 4.74 Å². The van der Waals surface area contributed by atoms with Crippen LogP contribution in [0, 0.1) is 0 Å². The predicted octanol–water partition coefficient (Wildman–Crippen LogP) is 3.55. The van der Waals surface area contributed by atoms with Gasteiger partial charge in [-0.05, 0) is 30.4 Å². The topological polar surface area (TPSA) is 12.5 Å². The van der Waals surface area contributed by atoms with E-state index in [1.54, 1.807) is 0 Å². The average Bonchev–Trinajstić information content (AvgIpc) is 3.15. The second-order valence-corrected chi connectivity index (χ2v) is 4.60. The minimum absolute atomic E-state index is 0.674. The fourth-order valence-electron chi connectivity index (χ4n) is 1.92. The summed E-state index contributed by atoms with van der Waals surface area (Å²) < 4.78 is 5.97. The minimum Gasteiger partial charge on any atom is -0.474 e. The molecule has 1 aliphatic carbocycles. The van der Waals surface area contributed by atoms with E-state index in [-0.39, 0.29) is 0 Å². The predicted molar refractivity (Wildman–Crippen MR) is 70.4 cm³/mol. The molecule has 1 aromatic carbocycles. The highest BCUT2D eigenvalue weighted by molar-refractivity contribution is 5.21. The molecule has 2 rings (SSSR count). The van der Waals surface area contributed by atoms with E-state index >= 15 is 0 Å². The second kappa shape index (κ2) is 5.76. The van der Waals surface area contributed by atoms with Crippen molar-refractivity contribution in [2.75, 3.05) is 13.6 Å². The second-order valence-electron chi connectivity index (χ2n) is 4.60. The Kier molecular flexibility index (Phi) is 4.08. The van der Waals surface area contributed by atoms with E-state index in [0.29, 0.717) is 6.61 Å². The van der Waals surface area contributed by atoms with Crippen molar-refractivity contribution in [2.24, 2.45) is 0 Å². The molecule has 0 spiro atoms. The lowest BCUT2D eigenvalue weighted by atomic mass is 10.2. The molecule has 0 saturated heterocycles. The van der Waals surface area contributed by atoms with Crippen LogP contribution in [0.3, 0.4) is 0 Å². The lowest BCUT2D eigenvalue weighted by molar-refractivity contribution is 0.114. The molecule has 1 saturated carbocycles. The number of nitrogens with zero attached hydrogens (tertiary/aromatic N) is 1. The third-order valence-electron chi connectivity index (χ3n) is 2.93. The monoisotopic (exact) mass is 231 g/mol. The van der Waals surface area contributed by atoms with Crippen molar-refractivity contribution in [1.82, 2.24) is 4.90 Å². The summed E-state index contributed by atoms with van der Waals surface area (Å²) in [5.74, 6) is 1.11. The number of ether oxygens (including phenoxy) is 1. The molecule has 0 heterocycles. The maximum atomic E-state index is 5.97. The Bertz CT molecular complexity index is 377. The van der Waals surface area contributed by atoms with Gasteiger partial charge in [0.1, 0.15) is 6.61 Å². The van der Waals surface area contributed by atoms with Gasteiger partial charge in [0.15, 0.2) is 5.88 Å². The first-order chi connectivity index (χ1) is 8.31. The maximum Gasteiger partial charge on any atom is 0.188 e. The lowest BCUT2D eigenvalue weighted by Crippen LogP contribution is -2.20. The summed E-state index contributed by atoms with van der Waals surface area (Å²) in [6.07, 6.45) is 3.57. The van der Waals surface area contributed by atoms with Crippen molar-refractivity contribution >= 4 is 0 Å². The Hall–Kier alpha value is -1.44. The van der Waals surface area contributed by atoms with Crippen molar-refractivity contribution in [3.8, 4) is 0 Å². The number of rotatable bonds is 6. The van der Waals surface area contributed by atoms with E-state index in [9.17, 15) is 0 Å². The van der Waals surface area contributed by atoms with Gasteiger partial charge < -0.3 is 9.64 Å². The third-order valence-corrected chi connectivity index (χ3v) is 2.93. The molecule has 92 valence electrons. The first-order valence-corrected chi connectivity index (χ1v) is 6.41. The molecule has 2 heteroatoms. The highest BCUT2D eigenvalue weighted by Crippen LogP contribution is 2.33. The van der Waals surface area contributed by atoms with E-state index in [0.717, 1.165) is 18.8 Å². The molecule has 1 aliphatic rings. The SMILES string of the molecule is CCCN(C)C(OCc1ccccc1)=C1CC1. The zero-order chi connectivity index (χ0) is 12.1. The van der Waals surface area contributed by atoms with Gasteiger partial charge in [-0.15, -0.1) is 0 Å². The molecule has 1 fully saturated rings. The Labute approximate surface area is 104 Å². The third kappa shape index (κ3) is 3.52. The van der Waals surface area contributed by atoms with Gasteiger partial charge in [-0.2, -0.15) is 0 Å². The molecule has 0 bridgehead atoms. The van der Waals surface area contributed by atoms with E-state index in [1.165, 1.54) is 24.0 Å². The van der Waals surface area contributed by atoms with Crippen molar-refractivity contribution < 1.29 is 4.74 Å². The standard InChI is InChI=1S/C15H21NO/c1-3-11-16(2)15(14-9-10-14)17-12-13-7-5-4-6-8-13/h4-8H,3,9-12H2,1-2H3. The molecule has 0 N–H and O–H groups in total. The van der Waals surface area contributed by atoms with Crippen LogP contribution >= 0.6 is 0 Å². The molecule has 1 aromatic rings. The van der Waals surface area contributed by atoms with Crippen molar-refractivity contribution in [3.05, 3.63) is 47.4 Å². The normalized spacial score (nSPS) is 13.4. The lowest BCUT2D eigenvalue weighted by Gasteiger charge is -2.22. The Morgan fingerprint density at radius 2 is 1.94 bits per heavy atom. The largest absolute Gasteiger partial charge is 0.474 e. The van der Waals surface area contributed by atoms with Crippen LogP contribution in [0.5, 0.6) is 0 Å². The zero-order valence-electron chi connectivity index (χ0n) is 10.8. The van der Waals surface area contributed by atoms with E-state index in [2.05, 4.69) is 43.1 Å². The van der Waals surface area contributed by atoms with Gasteiger partial charge in [-0.3, -0.25) is 0 Å². The van der Waals surface area contributed by atoms with Gasteiger partial charge in [0, 0.05) is 13.6 Å². The molecular formula is C15H21NO. The summed E-state index contributed by atoms with van der Waals surface area (Å²) in [6, 6.07) is 10.4. The maximum absolute atomic E-state index is 5.97. The number of hydrogen-bond acceptors (Lipinski definition) is 2. The summed E-state index contributed by atoms with van der Waals surface area (Å²) >= 11 is 0. The van der Waals surface area contributed by atoms with Gasteiger partial charge in [-0.25, -0.2) is 0 Å². The van der Waals surface area contributed by atoms with Crippen molar-refractivity contribution in [2.45, 2.75) is 32.8 Å². The molecule has 0 aromatic heterocycles. The fraction of sp³-hybridized carbons (Fsp3) is 0.467. The van der Waals surface area contributed by atoms with Crippen LogP contribution < -0.4 is 0 Å². The van der Waals surface area contributed by atoms with Crippen molar-refractivity contribution in [1.29, 1.82) is 0 Å². The molecule has 2 nitrogen and oxygen atoms in total. The molecule has 0 atom stereocenters. The summed E-state index contributed by atoms with van der Waals surface area (Å²) in [7, 11) is 2.12. The number of hydrogen-bond donors (Lipinski definition) is 0. The summed E-state index contributed by atoms with van der Waals surface area (Å²) in [4.78, 5) is 2.24. The molecular weight excluding hydrogens is 210 g/mol. The number of allylic oxidation sites excluding steroid dienone is 1. The molecule has 0 radical (unpaired) electrons. The fourth-order valence-corrected chi connectivity index (χ4v) is 1.92. The highest BCUT2D eigenvalue weighted by atomic mass is 16.5. The first kappa shape index (κ1) is 12.0. The first-order valence-electron chi connectivity index (χ1n) is 6.41. The molecule has 0 unspecified atom stereocenters. The highest BCUT2D eigenvalue weighted by Gasteiger charge is 2.21. The smallest absolute Gasteiger partial charge is 0.188 e. The van der Waals surface area contributed by atoms with Crippen LogP contribution in [0.1, 0.15) is 31.7 Å². The summed E-state index contributed by atoms with van der Waals surface area (Å²) in [6.45, 7) is 3.93. The Morgan fingerprint density at radius 3 is 2.53 bits per heavy atom. The van der Waals surface area contributed by atoms with Crippen LogP contribution in [0.15, 0.2) is 41.8 Å². The average molecular weight is 231 g/mol. The zero-order valence-corrected chi connectivity index (χ0v) is 10.8. The van der Waals surface area contributed by atoms with Gasteiger partial charge in [0.25, 0.3) is 0 Å². The van der Waals surface area contributed by atoms with Crippen LogP contribution in [0.25, 0.3) is 0 Å². The van der Waals surface area contributed by atoms with Crippen LogP contribution in [0.2, 0.25) is 0 Å². The van der Waals surface area contributed by atoms with Crippen LogP contribution in [0.4, 0.5) is 0 Å². The van der Waals surface area contributed by atoms with Gasteiger partial charge in [0.2, 0.25) is 0 Å². The van der Waals surface area contributed by atoms with Crippen LogP contribution in [-0.2, 0) is 11.3 Å². The number of benzene rings is 1. The molecule has 0 aliphatic heterocycles. The van der Waals surface area contributed by atoms with Gasteiger partial charge in [-0.1, -0.05) is 37.3 Å². The molecule has 0 amide bonds. The Balaban J connectivity index is 1.94.